The molecule has 0 aromatic carbocycles. The van der Waals surface area contributed by atoms with Gasteiger partial charge < -0.3 is 9.84 Å². The number of aliphatic hydroxyl groups excluding tert-OH is 1. The van der Waals surface area contributed by atoms with Crippen LogP contribution >= 0.6 is 0 Å². The molecule has 70 valence electrons. The van der Waals surface area contributed by atoms with Crippen LogP contribution in [0.3, 0.4) is 0 Å². The van der Waals surface area contributed by atoms with Crippen molar-refractivity contribution >= 4 is 9.84 Å². The van der Waals surface area contributed by atoms with Crippen LogP contribution in [0.2, 0.25) is 0 Å². The first-order valence-electron chi connectivity index (χ1n) is 4.04. The van der Waals surface area contributed by atoms with Gasteiger partial charge >= 0.3 is 0 Å². The van der Waals surface area contributed by atoms with E-state index in [4.69, 9.17) is 9.84 Å². The zero-order chi connectivity index (χ0) is 8.82. The van der Waals surface area contributed by atoms with Crippen molar-refractivity contribution in [2.75, 3.05) is 19.8 Å². The molecular formula is C7H12O4S. The summed E-state index contributed by atoms with van der Waals surface area (Å²) in [4.78, 5) is 0. The number of hydrogen-bond acceptors (Lipinski definition) is 4. The van der Waals surface area contributed by atoms with Crippen LogP contribution < -0.4 is 0 Å². The summed E-state index contributed by atoms with van der Waals surface area (Å²) >= 11 is 0. The van der Waals surface area contributed by atoms with Crippen LogP contribution in [0.4, 0.5) is 0 Å². The lowest BCUT2D eigenvalue weighted by atomic mass is 10.4. The first kappa shape index (κ1) is 8.47. The Hall–Kier alpha value is -0.130. The molecule has 0 atom stereocenters. The zero-order valence-corrected chi connectivity index (χ0v) is 7.51. The molecule has 0 radical (unpaired) electrons. The largest absolute Gasteiger partial charge is 0.395 e. The molecule has 2 fully saturated rings. The van der Waals surface area contributed by atoms with E-state index in [1.807, 2.05) is 0 Å². The normalized spacial score (nSPS) is 28.1. The van der Waals surface area contributed by atoms with E-state index >= 15 is 0 Å². The van der Waals surface area contributed by atoms with E-state index in [0.29, 0.717) is 26.1 Å². The summed E-state index contributed by atoms with van der Waals surface area (Å²) in [6.07, 6.45) is 1.23. The molecule has 5 heteroatoms. The van der Waals surface area contributed by atoms with Gasteiger partial charge in [0, 0.05) is 0 Å². The fourth-order valence-electron chi connectivity index (χ4n) is 1.42. The minimum absolute atomic E-state index is 0.230. The predicted molar refractivity (Wildman–Crippen MR) is 42.6 cm³/mol. The summed E-state index contributed by atoms with van der Waals surface area (Å²) in [7, 11) is -3.12. The summed E-state index contributed by atoms with van der Waals surface area (Å²) in [6.45, 7) is 0.389. The van der Waals surface area contributed by atoms with Crippen molar-refractivity contribution in [1.29, 1.82) is 0 Å². The molecule has 0 unspecified atom stereocenters. The van der Waals surface area contributed by atoms with Crippen molar-refractivity contribution in [3.63, 3.8) is 0 Å². The summed E-state index contributed by atoms with van der Waals surface area (Å²) in [5.74, 6) is 0. The highest BCUT2D eigenvalue weighted by molar-refractivity contribution is 7.93. The Morgan fingerprint density at radius 1 is 1.42 bits per heavy atom. The second-order valence-corrected chi connectivity index (χ2v) is 6.17. The van der Waals surface area contributed by atoms with Gasteiger partial charge in [0.05, 0.1) is 24.6 Å². The van der Waals surface area contributed by atoms with Gasteiger partial charge in [-0.25, -0.2) is 8.42 Å². The minimum atomic E-state index is -3.12. The third-order valence-electron chi connectivity index (χ3n) is 2.75. The summed E-state index contributed by atoms with van der Waals surface area (Å²) < 4.78 is 27.4. The van der Waals surface area contributed by atoms with Crippen LogP contribution in [0.1, 0.15) is 12.8 Å². The first-order chi connectivity index (χ1) is 5.62. The van der Waals surface area contributed by atoms with Crippen LogP contribution in [-0.2, 0) is 14.6 Å². The van der Waals surface area contributed by atoms with Gasteiger partial charge in [-0.2, -0.15) is 0 Å². The molecule has 4 nitrogen and oxygen atoms in total. The Bertz CT molecular complexity index is 274. The van der Waals surface area contributed by atoms with Crippen molar-refractivity contribution in [3.05, 3.63) is 0 Å². The molecule has 1 saturated heterocycles. The lowest BCUT2D eigenvalue weighted by Gasteiger charge is -2.29. The Morgan fingerprint density at radius 2 is 2.00 bits per heavy atom. The molecular weight excluding hydrogens is 180 g/mol. The van der Waals surface area contributed by atoms with Gasteiger partial charge in [0.1, 0.15) is 5.25 Å². The van der Waals surface area contributed by atoms with Gasteiger partial charge in [-0.15, -0.1) is 0 Å². The van der Waals surface area contributed by atoms with Crippen LogP contribution in [0.25, 0.3) is 0 Å². The lowest BCUT2D eigenvalue weighted by molar-refractivity contribution is 0.0407. The molecule has 1 aliphatic heterocycles. The molecule has 2 rings (SSSR count). The number of hydrogen-bond donors (Lipinski definition) is 1. The van der Waals surface area contributed by atoms with E-state index in [0.717, 1.165) is 0 Å². The summed E-state index contributed by atoms with van der Waals surface area (Å²) in [6, 6.07) is 0. The standard InChI is InChI=1S/C7H12O4S/c8-5-7(1-2-7)12(9,10)6-3-11-4-6/h6,8H,1-5H2. The maximum absolute atomic E-state index is 11.7. The average molecular weight is 192 g/mol. The van der Waals surface area contributed by atoms with Crippen LogP contribution in [0, 0.1) is 0 Å². The number of sulfone groups is 1. The molecule has 1 saturated carbocycles. The first-order valence-corrected chi connectivity index (χ1v) is 5.59. The van der Waals surface area contributed by atoms with E-state index < -0.39 is 14.6 Å². The fourth-order valence-corrected chi connectivity index (χ4v) is 3.53. The predicted octanol–water partition coefficient (Wildman–Crippen LogP) is -0.675. The zero-order valence-electron chi connectivity index (χ0n) is 6.69. The van der Waals surface area contributed by atoms with Crippen molar-refractivity contribution in [2.24, 2.45) is 0 Å². The molecule has 0 aromatic rings. The molecule has 0 bridgehead atoms. The highest BCUT2D eigenvalue weighted by Crippen LogP contribution is 2.45. The van der Waals surface area contributed by atoms with Gasteiger partial charge in [0.15, 0.2) is 9.84 Å². The summed E-state index contributed by atoms with van der Waals surface area (Å²) in [5.41, 5.74) is 0. The van der Waals surface area contributed by atoms with E-state index in [2.05, 4.69) is 0 Å². The minimum Gasteiger partial charge on any atom is -0.395 e. The second kappa shape index (κ2) is 2.43. The van der Waals surface area contributed by atoms with Crippen LogP contribution in [0.5, 0.6) is 0 Å². The third kappa shape index (κ3) is 0.932. The van der Waals surface area contributed by atoms with Crippen molar-refractivity contribution in [3.8, 4) is 0 Å². The molecule has 0 spiro atoms. The smallest absolute Gasteiger partial charge is 0.165 e. The molecule has 1 N–H and O–H groups in total. The number of aliphatic hydroxyl groups is 1. The van der Waals surface area contributed by atoms with E-state index in [1.165, 1.54) is 0 Å². The van der Waals surface area contributed by atoms with Gasteiger partial charge in [-0.1, -0.05) is 0 Å². The van der Waals surface area contributed by atoms with Gasteiger partial charge in [0.2, 0.25) is 0 Å². The quantitative estimate of drug-likeness (QED) is 0.644. The number of ether oxygens (including phenoxy) is 1. The van der Waals surface area contributed by atoms with Crippen LogP contribution in [0.15, 0.2) is 0 Å². The summed E-state index contributed by atoms with van der Waals surface area (Å²) in [5, 5.41) is 8.59. The number of rotatable bonds is 3. The monoisotopic (exact) mass is 192 g/mol. The molecule has 12 heavy (non-hydrogen) atoms. The van der Waals surface area contributed by atoms with Gasteiger partial charge in [-0.05, 0) is 12.8 Å². The molecule has 0 amide bonds. The Balaban J connectivity index is 2.20. The lowest BCUT2D eigenvalue weighted by Crippen LogP contribution is -2.47. The van der Waals surface area contributed by atoms with Crippen LogP contribution in [-0.4, -0.2) is 43.3 Å². The van der Waals surface area contributed by atoms with Crippen molar-refractivity contribution in [1.82, 2.24) is 0 Å². The molecule has 2 aliphatic rings. The Labute approximate surface area is 71.5 Å². The fraction of sp³-hybridized carbons (Fsp3) is 1.00. The van der Waals surface area contributed by atoms with E-state index in [1.54, 1.807) is 0 Å². The molecule has 1 aliphatic carbocycles. The SMILES string of the molecule is O=S(=O)(C1COC1)C1(CO)CC1. The maximum Gasteiger partial charge on any atom is 0.165 e. The third-order valence-corrected chi connectivity index (χ3v) is 5.64. The van der Waals surface area contributed by atoms with Gasteiger partial charge in [0.25, 0.3) is 0 Å². The van der Waals surface area contributed by atoms with Crippen molar-refractivity contribution in [2.45, 2.75) is 22.8 Å². The second-order valence-electron chi connectivity index (χ2n) is 3.55. The topological polar surface area (TPSA) is 63.6 Å². The highest BCUT2D eigenvalue weighted by atomic mass is 32.2. The average Bonchev–Trinajstić information content (AvgIpc) is 2.60. The van der Waals surface area contributed by atoms with E-state index in [-0.39, 0.29) is 11.9 Å². The van der Waals surface area contributed by atoms with E-state index in [9.17, 15) is 8.42 Å². The highest BCUT2D eigenvalue weighted by Gasteiger charge is 2.57. The maximum atomic E-state index is 11.7. The Morgan fingerprint density at radius 3 is 2.25 bits per heavy atom. The molecule has 0 aromatic heterocycles. The van der Waals surface area contributed by atoms with Gasteiger partial charge in [-0.3, -0.25) is 0 Å². The Kier molecular flexibility index (Phi) is 1.72. The van der Waals surface area contributed by atoms with Crippen molar-refractivity contribution < 1.29 is 18.3 Å². The molecule has 1 heterocycles.